The van der Waals surface area contributed by atoms with E-state index in [2.05, 4.69) is 27.7 Å². The quantitative estimate of drug-likeness (QED) is 0.0344. The lowest BCUT2D eigenvalue weighted by molar-refractivity contribution is -0.167. The Kier molecular flexibility index (Phi) is 49.1. The summed E-state index contributed by atoms with van der Waals surface area (Å²) in [6, 6.07) is 0. The van der Waals surface area contributed by atoms with Gasteiger partial charge in [0.25, 0.3) is 0 Å². The lowest BCUT2D eigenvalue weighted by Crippen LogP contribution is -2.30. The molecule has 0 saturated heterocycles. The number of unbranched alkanes of at least 4 members (excludes halogenated alkanes) is 37. The molecule has 0 heterocycles. The molecule has 6 nitrogen and oxygen atoms in total. The largest absolute Gasteiger partial charge is 0.462 e. The molecule has 2 atom stereocenters. The van der Waals surface area contributed by atoms with Gasteiger partial charge in [-0.3, -0.25) is 14.4 Å². The second-order valence-electron chi connectivity index (χ2n) is 19.5. The predicted octanol–water partition coefficient (Wildman–Crippen LogP) is 18.2. The van der Waals surface area contributed by atoms with Crippen molar-refractivity contribution in [2.24, 2.45) is 5.92 Å². The lowest BCUT2D eigenvalue weighted by atomic mass is 9.99. The van der Waals surface area contributed by atoms with Crippen LogP contribution in [-0.2, 0) is 28.6 Å². The summed E-state index contributed by atoms with van der Waals surface area (Å²) in [6.45, 7) is 9.07. The third-order valence-electron chi connectivity index (χ3n) is 13.2. The summed E-state index contributed by atoms with van der Waals surface area (Å²) in [7, 11) is 0. The first-order valence-corrected chi connectivity index (χ1v) is 27.9. The van der Waals surface area contributed by atoms with Gasteiger partial charge in [0, 0.05) is 19.3 Å². The molecular weight excluding hydrogens is 769 g/mol. The van der Waals surface area contributed by atoms with Crippen molar-refractivity contribution < 1.29 is 28.6 Å². The van der Waals surface area contributed by atoms with Gasteiger partial charge in [0.2, 0.25) is 0 Å². The van der Waals surface area contributed by atoms with E-state index in [1.807, 2.05) is 0 Å². The summed E-state index contributed by atoms with van der Waals surface area (Å²) in [5.74, 6) is 0.0284. The highest BCUT2D eigenvalue weighted by molar-refractivity contribution is 5.71. The fourth-order valence-corrected chi connectivity index (χ4v) is 8.54. The van der Waals surface area contributed by atoms with E-state index in [0.717, 1.165) is 63.7 Å². The molecule has 368 valence electrons. The zero-order chi connectivity index (χ0) is 45.2. The fraction of sp³-hybridized carbons (Fsp3) is 0.946. The van der Waals surface area contributed by atoms with Crippen LogP contribution < -0.4 is 0 Å². The summed E-state index contributed by atoms with van der Waals surface area (Å²) < 4.78 is 16.9. The topological polar surface area (TPSA) is 78.9 Å². The number of esters is 3. The first-order chi connectivity index (χ1) is 30.4. The maximum atomic E-state index is 12.8. The van der Waals surface area contributed by atoms with Crippen LogP contribution >= 0.6 is 0 Å². The van der Waals surface area contributed by atoms with Gasteiger partial charge >= 0.3 is 17.9 Å². The Morgan fingerprint density at radius 2 is 0.565 bits per heavy atom. The Morgan fingerprint density at radius 1 is 0.323 bits per heavy atom. The van der Waals surface area contributed by atoms with Gasteiger partial charge in [0.15, 0.2) is 6.10 Å². The molecule has 0 aliphatic rings. The normalized spacial score (nSPS) is 12.4. The third-order valence-corrected chi connectivity index (χ3v) is 13.2. The molecule has 0 aromatic carbocycles. The Bertz CT molecular complexity index is 935. The highest BCUT2D eigenvalue weighted by Crippen LogP contribution is 2.18. The minimum absolute atomic E-state index is 0.0623. The van der Waals surface area contributed by atoms with E-state index in [4.69, 9.17) is 14.2 Å². The second kappa shape index (κ2) is 50.4. The molecule has 0 rings (SSSR count). The molecule has 0 saturated carbocycles. The minimum atomic E-state index is -0.761. The fourth-order valence-electron chi connectivity index (χ4n) is 8.54. The molecule has 6 heteroatoms. The van der Waals surface area contributed by atoms with Crippen LogP contribution in [0.15, 0.2) is 0 Å². The van der Waals surface area contributed by atoms with Crippen molar-refractivity contribution in [2.45, 2.75) is 323 Å². The summed E-state index contributed by atoms with van der Waals surface area (Å²) in [4.78, 5) is 38.1. The molecule has 0 aliphatic carbocycles. The number of carbonyl (C=O) groups is 3. The van der Waals surface area contributed by atoms with Crippen molar-refractivity contribution in [2.75, 3.05) is 13.2 Å². The van der Waals surface area contributed by atoms with Crippen LogP contribution in [-0.4, -0.2) is 37.2 Å². The summed E-state index contributed by atoms with van der Waals surface area (Å²) in [5.41, 5.74) is 0. The van der Waals surface area contributed by atoms with Crippen LogP contribution in [0.5, 0.6) is 0 Å². The van der Waals surface area contributed by atoms with Gasteiger partial charge in [-0.15, -0.1) is 0 Å². The Labute approximate surface area is 387 Å². The molecule has 0 aromatic heterocycles. The van der Waals surface area contributed by atoms with Crippen molar-refractivity contribution in [3.63, 3.8) is 0 Å². The highest BCUT2D eigenvalue weighted by Gasteiger charge is 2.19. The average molecular weight is 877 g/mol. The zero-order valence-corrected chi connectivity index (χ0v) is 42.3. The molecule has 0 N–H and O–H groups in total. The molecule has 0 bridgehead atoms. The van der Waals surface area contributed by atoms with E-state index in [1.165, 1.54) is 212 Å². The van der Waals surface area contributed by atoms with Crippen LogP contribution in [0, 0.1) is 5.92 Å². The standard InChI is InChI=1S/C56H108O6/c1-5-8-10-12-14-16-18-20-21-22-23-25-27-32-36-40-44-48-55(58)61-51-53(50-60-54(57)47-43-39-35-31-26-24-19-17-15-13-11-9-6-2)62-56(59)49-45-41-37-33-29-28-30-34-38-42-46-52(4)7-3/h52-53H,5-51H2,1-4H3/t52?,53-/m0/s1. The lowest BCUT2D eigenvalue weighted by Gasteiger charge is -2.18. The Balaban J connectivity index is 4.29. The number of hydrogen-bond acceptors (Lipinski definition) is 6. The van der Waals surface area contributed by atoms with Crippen molar-refractivity contribution in [3.8, 4) is 0 Å². The van der Waals surface area contributed by atoms with Gasteiger partial charge in [-0.25, -0.2) is 0 Å². The molecule has 0 aliphatic heterocycles. The van der Waals surface area contributed by atoms with Gasteiger partial charge in [-0.05, 0) is 25.2 Å². The maximum absolute atomic E-state index is 12.8. The van der Waals surface area contributed by atoms with Gasteiger partial charge < -0.3 is 14.2 Å². The van der Waals surface area contributed by atoms with Gasteiger partial charge in [-0.2, -0.15) is 0 Å². The number of rotatable bonds is 51. The molecule has 1 unspecified atom stereocenters. The Morgan fingerprint density at radius 3 is 0.839 bits per heavy atom. The van der Waals surface area contributed by atoms with Crippen molar-refractivity contribution in [1.29, 1.82) is 0 Å². The molecule has 0 fully saturated rings. The molecular formula is C56H108O6. The maximum Gasteiger partial charge on any atom is 0.306 e. The van der Waals surface area contributed by atoms with Crippen molar-refractivity contribution in [1.82, 2.24) is 0 Å². The van der Waals surface area contributed by atoms with E-state index >= 15 is 0 Å². The van der Waals surface area contributed by atoms with E-state index in [-0.39, 0.29) is 31.1 Å². The van der Waals surface area contributed by atoms with Crippen molar-refractivity contribution >= 4 is 17.9 Å². The molecule has 0 radical (unpaired) electrons. The van der Waals surface area contributed by atoms with Crippen LogP contribution in [0.3, 0.4) is 0 Å². The molecule has 0 amide bonds. The number of ether oxygens (including phenoxy) is 3. The van der Waals surface area contributed by atoms with Gasteiger partial charge in [0.05, 0.1) is 0 Å². The molecule has 0 spiro atoms. The minimum Gasteiger partial charge on any atom is -0.462 e. The smallest absolute Gasteiger partial charge is 0.306 e. The number of carbonyl (C=O) groups excluding carboxylic acids is 3. The second-order valence-corrected chi connectivity index (χ2v) is 19.5. The third kappa shape index (κ3) is 47.9. The zero-order valence-electron chi connectivity index (χ0n) is 42.3. The van der Waals surface area contributed by atoms with Crippen molar-refractivity contribution in [3.05, 3.63) is 0 Å². The number of hydrogen-bond donors (Lipinski definition) is 0. The first-order valence-electron chi connectivity index (χ1n) is 27.9. The van der Waals surface area contributed by atoms with E-state index in [1.54, 1.807) is 0 Å². The van der Waals surface area contributed by atoms with Crippen LogP contribution in [0.4, 0.5) is 0 Å². The van der Waals surface area contributed by atoms with E-state index < -0.39 is 6.10 Å². The van der Waals surface area contributed by atoms with Crippen LogP contribution in [0.1, 0.15) is 317 Å². The first kappa shape index (κ1) is 60.4. The highest BCUT2D eigenvalue weighted by atomic mass is 16.6. The summed E-state index contributed by atoms with van der Waals surface area (Å²) in [6.07, 6.45) is 53.7. The monoisotopic (exact) mass is 877 g/mol. The van der Waals surface area contributed by atoms with Crippen LogP contribution in [0.25, 0.3) is 0 Å². The van der Waals surface area contributed by atoms with Gasteiger partial charge in [0.1, 0.15) is 13.2 Å². The van der Waals surface area contributed by atoms with Gasteiger partial charge in [-0.1, -0.05) is 278 Å². The van der Waals surface area contributed by atoms with E-state index in [0.29, 0.717) is 19.3 Å². The van der Waals surface area contributed by atoms with Crippen LogP contribution in [0.2, 0.25) is 0 Å². The SMILES string of the molecule is CCCCCCCCCCCCCCCCCCCC(=O)OC[C@H](COC(=O)CCCCCCCCCCCCCCC)OC(=O)CCCCCCCCCCCCC(C)CC. The predicted molar refractivity (Wildman–Crippen MR) is 266 cm³/mol. The summed E-state index contributed by atoms with van der Waals surface area (Å²) in [5, 5.41) is 0. The van der Waals surface area contributed by atoms with E-state index in [9.17, 15) is 14.4 Å². The average Bonchev–Trinajstić information content (AvgIpc) is 3.27. The summed E-state index contributed by atoms with van der Waals surface area (Å²) >= 11 is 0. The molecule has 62 heavy (non-hydrogen) atoms. The Hall–Kier alpha value is -1.59. The molecule has 0 aromatic rings.